The Morgan fingerprint density at radius 2 is 2.27 bits per heavy atom. The van der Waals surface area contributed by atoms with Gasteiger partial charge in [-0.2, -0.15) is 5.10 Å². The molecule has 4 nitrogen and oxygen atoms in total. The predicted octanol–water partition coefficient (Wildman–Crippen LogP) is 1.38. The van der Waals surface area contributed by atoms with Gasteiger partial charge < -0.3 is 5.11 Å². The third-order valence-corrected chi connectivity index (χ3v) is 2.29. The molecule has 2 aromatic heterocycles. The molecule has 78 valence electrons. The summed E-state index contributed by atoms with van der Waals surface area (Å²) in [6, 6.07) is 3.66. The quantitative estimate of drug-likeness (QED) is 0.819. The van der Waals surface area contributed by atoms with Crippen molar-refractivity contribution in [3.63, 3.8) is 0 Å². The van der Waals surface area contributed by atoms with Crippen LogP contribution in [-0.2, 0) is 6.54 Å². The average Bonchev–Trinajstić information content (AvgIpc) is 2.78. The minimum absolute atomic E-state index is 0.640. The molecule has 0 aromatic carbocycles. The van der Waals surface area contributed by atoms with Gasteiger partial charge in [-0.15, -0.1) is 0 Å². The summed E-state index contributed by atoms with van der Waals surface area (Å²) in [4.78, 5) is 3.97. The first-order valence-corrected chi connectivity index (χ1v) is 4.91. The van der Waals surface area contributed by atoms with Crippen LogP contribution >= 0.6 is 0 Å². The Kier molecular flexibility index (Phi) is 2.78. The number of nitrogens with zero attached hydrogens (tertiary/aromatic N) is 3. The van der Waals surface area contributed by atoms with Gasteiger partial charge in [-0.1, -0.05) is 6.07 Å². The molecule has 2 rings (SSSR count). The van der Waals surface area contributed by atoms with Gasteiger partial charge in [0.05, 0.1) is 6.20 Å². The van der Waals surface area contributed by atoms with Gasteiger partial charge in [-0.3, -0.25) is 9.67 Å². The number of aromatic nitrogens is 3. The highest BCUT2D eigenvalue weighted by atomic mass is 16.3. The fraction of sp³-hybridized carbons (Fsp3) is 0.273. The Morgan fingerprint density at radius 3 is 2.87 bits per heavy atom. The lowest BCUT2D eigenvalue weighted by atomic mass is 10.1. The minimum Gasteiger partial charge on any atom is -0.383 e. The molecule has 1 N–H and O–H groups in total. The van der Waals surface area contributed by atoms with E-state index >= 15 is 0 Å². The van der Waals surface area contributed by atoms with Crippen molar-refractivity contribution in [2.24, 2.45) is 0 Å². The molecular weight excluding hydrogens is 190 g/mol. The van der Waals surface area contributed by atoms with E-state index in [2.05, 4.69) is 10.1 Å². The third-order valence-electron chi connectivity index (χ3n) is 2.29. The number of aryl methyl sites for hydroxylation is 1. The van der Waals surface area contributed by atoms with Gasteiger partial charge in [-0.05, 0) is 13.0 Å². The van der Waals surface area contributed by atoms with E-state index in [1.807, 2.05) is 25.3 Å². The predicted molar refractivity (Wildman–Crippen MR) is 56.2 cm³/mol. The van der Waals surface area contributed by atoms with Crippen molar-refractivity contribution in [3.05, 3.63) is 48.0 Å². The average molecular weight is 203 g/mol. The van der Waals surface area contributed by atoms with Gasteiger partial charge in [0.2, 0.25) is 0 Å². The Labute approximate surface area is 88.2 Å². The normalized spacial score (nSPS) is 12.7. The van der Waals surface area contributed by atoms with E-state index in [0.717, 1.165) is 17.7 Å². The Morgan fingerprint density at radius 1 is 1.40 bits per heavy atom. The number of hydrogen-bond donors (Lipinski definition) is 1. The van der Waals surface area contributed by atoms with E-state index in [4.69, 9.17) is 0 Å². The molecule has 0 saturated carbocycles. The van der Waals surface area contributed by atoms with Gasteiger partial charge in [0.1, 0.15) is 6.10 Å². The van der Waals surface area contributed by atoms with Crippen LogP contribution in [0.4, 0.5) is 0 Å². The molecule has 0 radical (unpaired) electrons. The molecule has 0 aliphatic rings. The summed E-state index contributed by atoms with van der Waals surface area (Å²) in [5.74, 6) is 0. The van der Waals surface area contributed by atoms with Crippen molar-refractivity contribution in [1.82, 2.24) is 14.8 Å². The summed E-state index contributed by atoms with van der Waals surface area (Å²) >= 11 is 0. The molecule has 0 fully saturated rings. The van der Waals surface area contributed by atoms with Crippen molar-refractivity contribution in [1.29, 1.82) is 0 Å². The van der Waals surface area contributed by atoms with Crippen LogP contribution in [0.1, 0.15) is 24.2 Å². The van der Waals surface area contributed by atoms with Crippen LogP contribution in [0.25, 0.3) is 0 Å². The Hall–Kier alpha value is -1.68. The molecule has 1 unspecified atom stereocenters. The molecule has 0 aliphatic heterocycles. The summed E-state index contributed by atoms with van der Waals surface area (Å²) in [5.41, 5.74) is 1.58. The van der Waals surface area contributed by atoms with Gasteiger partial charge in [0.25, 0.3) is 0 Å². The summed E-state index contributed by atoms with van der Waals surface area (Å²) in [6.07, 6.45) is 6.23. The third kappa shape index (κ3) is 2.05. The fourth-order valence-electron chi connectivity index (χ4n) is 1.42. The zero-order valence-corrected chi connectivity index (χ0v) is 8.54. The fourth-order valence-corrected chi connectivity index (χ4v) is 1.42. The topological polar surface area (TPSA) is 50.9 Å². The molecule has 0 aliphatic carbocycles. The molecule has 0 bridgehead atoms. The monoisotopic (exact) mass is 203 g/mol. The number of aliphatic hydroxyl groups excluding tert-OH is 1. The van der Waals surface area contributed by atoms with Crippen LogP contribution < -0.4 is 0 Å². The van der Waals surface area contributed by atoms with Crippen LogP contribution in [-0.4, -0.2) is 19.9 Å². The van der Waals surface area contributed by atoms with Crippen molar-refractivity contribution in [2.75, 3.05) is 0 Å². The Balaban J connectivity index is 2.24. The second-order valence-electron chi connectivity index (χ2n) is 3.32. The van der Waals surface area contributed by atoms with Crippen LogP contribution in [0.5, 0.6) is 0 Å². The SMILES string of the molecule is CCn1cc(C(O)c2cccnc2)cn1. The van der Waals surface area contributed by atoms with E-state index in [1.165, 1.54) is 0 Å². The molecule has 2 aromatic rings. The first-order chi connectivity index (χ1) is 7.31. The lowest BCUT2D eigenvalue weighted by Crippen LogP contribution is -1.99. The summed E-state index contributed by atoms with van der Waals surface area (Å²) < 4.78 is 1.79. The lowest BCUT2D eigenvalue weighted by molar-refractivity contribution is 0.219. The van der Waals surface area contributed by atoms with E-state index in [-0.39, 0.29) is 0 Å². The highest BCUT2D eigenvalue weighted by Gasteiger charge is 2.11. The van der Waals surface area contributed by atoms with E-state index in [0.29, 0.717) is 0 Å². The lowest BCUT2D eigenvalue weighted by Gasteiger charge is -2.07. The highest BCUT2D eigenvalue weighted by molar-refractivity contribution is 5.23. The van der Waals surface area contributed by atoms with Crippen molar-refractivity contribution in [2.45, 2.75) is 19.6 Å². The highest BCUT2D eigenvalue weighted by Crippen LogP contribution is 2.19. The van der Waals surface area contributed by atoms with Crippen LogP contribution in [0.2, 0.25) is 0 Å². The maximum Gasteiger partial charge on any atom is 0.109 e. The standard InChI is InChI=1S/C11H13N3O/c1-2-14-8-10(7-13-14)11(15)9-4-3-5-12-6-9/h3-8,11,15H,2H2,1H3. The minimum atomic E-state index is -0.640. The number of aliphatic hydroxyl groups is 1. The molecule has 4 heteroatoms. The second kappa shape index (κ2) is 4.23. The molecule has 0 amide bonds. The Bertz CT molecular complexity index is 424. The van der Waals surface area contributed by atoms with Crippen molar-refractivity contribution >= 4 is 0 Å². The molecule has 2 heterocycles. The van der Waals surface area contributed by atoms with Gasteiger partial charge >= 0.3 is 0 Å². The summed E-state index contributed by atoms with van der Waals surface area (Å²) in [7, 11) is 0. The van der Waals surface area contributed by atoms with E-state index in [9.17, 15) is 5.11 Å². The van der Waals surface area contributed by atoms with Crippen molar-refractivity contribution < 1.29 is 5.11 Å². The first kappa shape index (κ1) is 9.86. The van der Waals surface area contributed by atoms with Crippen molar-refractivity contribution in [3.8, 4) is 0 Å². The maximum absolute atomic E-state index is 10.0. The van der Waals surface area contributed by atoms with Gasteiger partial charge in [0.15, 0.2) is 0 Å². The molecule has 0 saturated heterocycles. The van der Waals surface area contributed by atoms with Crippen LogP contribution in [0, 0.1) is 0 Å². The smallest absolute Gasteiger partial charge is 0.109 e. The molecule has 1 atom stereocenters. The first-order valence-electron chi connectivity index (χ1n) is 4.91. The number of rotatable bonds is 3. The van der Waals surface area contributed by atoms with E-state index in [1.54, 1.807) is 23.3 Å². The number of hydrogen-bond acceptors (Lipinski definition) is 3. The second-order valence-corrected chi connectivity index (χ2v) is 3.32. The largest absolute Gasteiger partial charge is 0.383 e. The summed E-state index contributed by atoms with van der Waals surface area (Å²) in [5, 5.41) is 14.1. The zero-order chi connectivity index (χ0) is 10.7. The number of pyridine rings is 1. The van der Waals surface area contributed by atoms with E-state index < -0.39 is 6.10 Å². The molecular formula is C11H13N3O. The molecule has 0 spiro atoms. The van der Waals surface area contributed by atoms with Gasteiger partial charge in [0, 0.05) is 36.3 Å². The maximum atomic E-state index is 10.0. The van der Waals surface area contributed by atoms with Crippen LogP contribution in [0.3, 0.4) is 0 Å². The van der Waals surface area contributed by atoms with Crippen LogP contribution in [0.15, 0.2) is 36.9 Å². The zero-order valence-electron chi connectivity index (χ0n) is 8.54. The van der Waals surface area contributed by atoms with Gasteiger partial charge in [-0.25, -0.2) is 0 Å². The molecule has 15 heavy (non-hydrogen) atoms. The summed E-state index contributed by atoms with van der Waals surface area (Å²) in [6.45, 7) is 2.81.